The molecule has 1 heteroatoms. The molecule has 0 aromatic heterocycles. The lowest BCUT2D eigenvalue weighted by molar-refractivity contribution is 0.0325. The number of hydrogen-bond acceptors (Lipinski definition) is 1. The second kappa shape index (κ2) is 2.98. The van der Waals surface area contributed by atoms with Crippen LogP contribution in [0.2, 0.25) is 0 Å². The SMILES string of the molecule is CC(C)=C1CCC(C)(O)CC1. The zero-order valence-corrected chi connectivity index (χ0v) is 7.78. The highest BCUT2D eigenvalue weighted by atomic mass is 16.3. The van der Waals surface area contributed by atoms with Crippen molar-refractivity contribution in [1.29, 1.82) is 0 Å². The summed E-state index contributed by atoms with van der Waals surface area (Å²) in [6, 6.07) is 0. The molecule has 0 atom stereocenters. The van der Waals surface area contributed by atoms with Crippen molar-refractivity contribution < 1.29 is 5.11 Å². The Bertz CT molecular complexity index is 161. The van der Waals surface area contributed by atoms with Crippen molar-refractivity contribution in [3.8, 4) is 0 Å². The smallest absolute Gasteiger partial charge is 0.0625 e. The van der Waals surface area contributed by atoms with Gasteiger partial charge in [0.1, 0.15) is 0 Å². The summed E-state index contributed by atoms with van der Waals surface area (Å²) in [4.78, 5) is 0. The van der Waals surface area contributed by atoms with Gasteiger partial charge in [-0.25, -0.2) is 0 Å². The monoisotopic (exact) mass is 154 g/mol. The first-order chi connectivity index (χ1) is 5.01. The van der Waals surface area contributed by atoms with Gasteiger partial charge < -0.3 is 5.11 Å². The summed E-state index contributed by atoms with van der Waals surface area (Å²) >= 11 is 0. The van der Waals surface area contributed by atoms with Gasteiger partial charge in [0.25, 0.3) is 0 Å². The lowest BCUT2D eigenvalue weighted by atomic mass is 9.82. The van der Waals surface area contributed by atoms with Crippen LogP contribution in [-0.2, 0) is 0 Å². The second-order valence-electron chi connectivity index (χ2n) is 4.10. The van der Waals surface area contributed by atoms with Crippen LogP contribution < -0.4 is 0 Å². The van der Waals surface area contributed by atoms with Crippen molar-refractivity contribution in [2.24, 2.45) is 0 Å². The quantitative estimate of drug-likeness (QED) is 0.532. The van der Waals surface area contributed by atoms with Crippen LogP contribution in [-0.4, -0.2) is 10.7 Å². The van der Waals surface area contributed by atoms with Gasteiger partial charge in [0, 0.05) is 0 Å². The van der Waals surface area contributed by atoms with E-state index in [1.165, 1.54) is 5.57 Å². The van der Waals surface area contributed by atoms with Crippen LogP contribution in [0.5, 0.6) is 0 Å². The van der Waals surface area contributed by atoms with Gasteiger partial charge in [-0.2, -0.15) is 0 Å². The molecule has 0 spiro atoms. The van der Waals surface area contributed by atoms with E-state index in [1.54, 1.807) is 5.57 Å². The summed E-state index contributed by atoms with van der Waals surface area (Å²) in [6.07, 6.45) is 4.06. The van der Waals surface area contributed by atoms with Gasteiger partial charge in [0.05, 0.1) is 5.60 Å². The standard InChI is InChI=1S/C10H18O/c1-8(2)9-4-6-10(3,11)7-5-9/h11H,4-7H2,1-3H3. The first-order valence-electron chi connectivity index (χ1n) is 4.39. The predicted octanol–water partition coefficient (Wildman–Crippen LogP) is 2.65. The zero-order chi connectivity index (χ0) is 8.48. The van der Waals surface area contributed by atoms with E-state index in [4.69, 9.17) is 0 Å². The Morgan fingerprint density at radius 2 is 1.73 bits per heavy atom. The van der Waals surface area contributed by atoms with Gasteiger partial charge in [-0.3, -0.25) is 0 Å². The molecule has 0 aromatic rings. The topological polar surface area (TPSA) is 20.2 Å². The molecule has 0 aliphatic heterocycles. The maximum atomic E-state index is 9.65. The third-order valence-corrected chi connectivity index (χ3v) is 2.64. The first-order valence-corrected chi connectivity index (χ1v) is 4.39. The van der Waals surface area contributed by atoms with E-state index in [-0.39, 0.29) is 5.60 Å². The minimum Gasteiger partial charge on any atom is -0.390 e. The molecule has 1 saturated carbocycles. The zero-order valence-electron chi connectivity index (χ0n) is 7.78. The van der Waals surface area contributed by atoms with Crippen LogP contribution in [0.3, 0.4) is 0 Å². The highest BCUT2D eigenvalue weighted by Gasteiger charge is 2.25. The third-order valence-electron chi connectivity index (χ3n) is 2.64. The summed E-state index contributed by atoms with van der Waals surface area (Å²) in [5.41, 5.74) is 2.61. The molecular weight excluding hydrogens is 136 g/mol. The molecule has 0 amide bonds. The largest absolute Gasteiger partial charge is 0.390 e. The summed E-state index contributed by atoms with van der Waals surface area (Å²) in [6.45, 7) is 6.26. The maximum Gasteiger partial charge on any atom is 0.0625 e. The molecule has 1 aliphatic rings. The molecule has 0 aromatic carbocycles. The average Bonchev–Trinajstić information content (AvgIpc) is 1.86. The molecule has 0 radical (unpaired) electrons. The number of hydrogen-bond donors (Lipinski definition) is 1. The van der Waals surface area contributed by atoms with E-state index in [0.29, 0.717) is 0 Å². The normalized spacial score (nSPS) is 32.2. The molecule has 1 N–H and O–H groups in total. The number of aliphatic hydroxyl groups is 1. The van der Waals surface area contributed by atoms with Crippen molar-refractivity contribution in [2.45, 2.75) is 52.1 Å². The van der Waals surface area contributed by atoms with Gasteiger partial charge >= 0.3 is 0 Å². The Balaban J connectivity index is 2.56. The second-order valence-corrected chi connectivity index (χ2v) is 4.10. The highest BCUT2D eigenvalue weighted by molar-refractivity contribution is 5.13. The van der Waals surface area contributed by atoms with Crippen molar-refractivity contribution >= 4 is 0 Å². The van der Waals surface area contributed by atoms with Gasteiger partial charge in [-0.1, -0.05) is 11.1 Å². The molecule has 0 heterocycles. The molecule has 1 aliphatic carbocycles. The fourth-order valence-corrected chi connectivity index (χ4v) is 1.59. The van der Waals surface area contributed by atoms with Crippen LogP contribution >= 0.6 is 0 Å². The van der Waals surface area contributed by atoms with E-state index < -0.39 is 0 Å². The van der Waals surface area contributed by atoms with Gasteiger partial charge in [0.2, 0.25) is 0 Å². The van der Waals surface area contributed by atoms with Crippen LogP contribution in [0.1, 0.15) is 46.5 Å². The van der Waals surface area contributed by atoms with Gasteiger partial charge in [-0.05, 0) is 46.5 Å². The summed E-state index contributed by atoms with van der Waals surface area (Å²) in [5, 5.41) is 9.65. The lowest BCUT2D eigenvalue weighted by Crippen LogP contribution is -2.27. The van der Waals surface area contributed by atoms with Crippen molar-refractivity contribution in [3.05, 3.63) is 11.1 Å². The van der Waals surface area contributed by atoms with E-state index in [1.807, 2.05) is 6.92 Å². The Labute approximate surface area is 69.1 Å². The molecular formula is C10H18O. The number of allylic oxidation sites excluding steroid dienone is 2. The Kier molecular flexibility index (Phi) is 2.38. The highest BCUT2D eigenvalue weighted by Crippen LogP contribution is 2.32. The van der Waals surface area contributed by atoms with Crippen molar-refractivity contribution in [1.82, 2.24) is 0 Å². The predicted molar refractivity (Wildman–Crippen MR) is 47.5 cm³/mol. The fraction of sp³-hybridized carbons (Fsp3) is 0.800. The first kappa shape index (κ1) is 8.79. The van der Waals surface area contributed by atoms with E-state index >= 15 is 0 Å². The minimum atomic E-state index is -0.390. The van der Waals surface area contributed by atoms with Crippen LogP contribution in [0, 0.1) is 0 Å². The van der Waals surface area contributed by atoms with Gasteiger partial charge in [-0.15, -0.1) is 0 Å². The van der Waals surface area contributed by atoms with E-state index in [0.717, 1.165) is 25.7 Å². The molecule has 0 saturated heterocycles. The van der Waals surface area contributed by atoms with Crippen molar-refractivity contribution in [2.75, 3.05) is 0 Å². The minimum absolute atomic E-state index is 0.390. The molecule has 1 fully saturated rings. The molecule has 64 valence electrons. The fourth-order valence-electron chi connectivity index (χ4n) is 1.59. The molecule has 1 rings (SSSR count). The summed E-state index contributed by atoms with van der Waals surface area (Å²) in [5.74, 6) is 0. The van der Waals surface area contributed by atoms with Crippen LogP contribution in [0.4, 0.5) is 0 Å². The Morgan fingerprint density at radius 1 is 1.27 bits per heavy atom. The van der Waals surface area contributed by atoms with Crippen molar-refractivity contribution in [3.63, 3.8) is 0 Å². The average molecular weight is 154 g/mol. The van der Waals surface area contributed by atoms with E-state index in [2.05, 4.69) is 13.8 Å². The third kappa shape index (κ3) is 2.33. The Hall–Kier alpha value is -0.300. The summed E-state index contributed by atoms with van der Waals surface area (Å²) < 4.78 is 0. The Morgan fingerprint density at radius 3 is 2.09 bits per heavy atom. The van der Waals surface area contributed by atoms with Crippen LogP contribution in [0.15, 0.2) is 11.1 Å². The maximum absolute atomic E-state index is 9.65. The molecule has 11 heavy (non-hydrogen) atoms. The molecule has 1 nitrogen and oxygen atoms in total. The van der Waals surface area contributed by atoms with Gasteiger partial charge in [0.15, 0.2) is 0 Å². The van der Waals surface area contributed by atoms with E-state index in [9.17, 15) is 5.11 Å². The number of rotatable bonds is 0. The molecule has 0 bridgehead atoms. The molecule has 0 unspecified atom stereocenters. The lowest BCUT2D eigenvalue weighted by Gasteiger charge is -2.30. The van der Waals surface area contributed by atoms with Crippen LogP contribution in [0.25, 0.3) is 0 Å². The summed E-state index contributed by atoms with van der Waals surface area (Å²) in [7, 11) is 0.